The number of hydrogen-bond acceptors (Lipinski definition) is 5. The second kappa shape index (κ2) is 4.91. The van der Waals surface area contributed by atoms with E-state index in [-0.39, 0.29) is 11.5 Å². The monoisotopic (exact) mass is 236 g/mol. The number of nitrogens with zero attached hydrogens (tertiary/aromatic N) is 1. The molecule has 1 aliphatic rings. The molecule has 1 rings (SSSR count). The van der Waals surface area contributed by atoms with Gasteiger partial charge in [-0.2, -0.15) is 0 Å². The van der Waals surface area contributed by atoms with Crippen molar-refractivity contribution >= 4 is 15.8 Å². The lowest BCUT2D eigenvalue weighted by Crippen LogP contribution is -2.49. The molecular formula is C8H16N2O4S. The zero-order valence-corrected chi connectivity index (χ0v) is 9.24. The van der Waals surface area contributed by atoms with Gasteiger partial charge in [0, 0.05) is 13.1 Å². The van der Waals surface area contributed by atoms with E-state index < -0.39 is 21.8 Å². The van der Waals surface area contributed by atoms with Gasteiger partial charge in [0.05, 0.1) is 11.5 Å². The molecule has 0 amide bonds. The molecule has 1 heterocycles. The van der Waals surface area contributed by atoms with Crippen LogP contribution in [0.15, 0.2) is 0 Å². The highest BCUT2D eigenvalue weighted by molar-refractivity contribution is 7.91. The smallest absolute Gasteiger partial charge is 0.320 e. The molecule has 0 saturated carbocycles. The minimum absolute atomic E-state index is 0.0430. The zero-order valence-electron chi connectivity index (χ0n) is 8.42. The molecule has 7 heteroatoms. The number of hydrogen-bond donors (Lipinski definition) is 2. The largest absolute Gasteiger partial charge is 0.480 e. The molecular weight excluding hydrogens is 220 g/mol. The summed E-state index contributed by atoms with van der Waals surface area (Å²) < 4.78 is 22.3. The first-order valence-electron chi connectivity index (χ1n) is 4.83. The molecule has 3 N–H and O–H groups in total. The van der Waals surface area contributed by atoms with E-state index in [1.165, 1.54) is 0 Å². The van der Waals surface area contributed by atoms with E-state index >= 15 is 0 Å². The van der Waals surface area contributed by atoms with Gasteiger partial charge in [-0.3, -0.25) is 9.69 Å². The van der Waals surface area contributed by atoms with E-state index in [4.69, 9.17) is 10.8 Å². The maximum atomic E-state index is 11.1. The quantitative estimate of drug-likeness (QED) is 0.617. The summed E-state index contributed by atoms with van der Waals surface area (Å²) in [4.78, 5) is 12.6. The van der Waals surface area contributed by atoms with Crippen LogP contribution < -0.4 is 5.73 Å². The standard InChI is InChI=1S/C8H16N2O4S/c9-2-1-7(8(11)12)10-3-5-15(13,14)6-4-10/h7H,1-6,9H2,(H,11,12). The summed E-state index contributed by atoms with van der Waals surface area (Å²) in [5.41, 5.74) is 5.32. The lowest BCUT2D eigenvalue weighted by molar-refractivity contribution is -0.143. The highest BCUT2D eigenvalue weighted by atomic mass is 32.2. The van der Waals surface area contributed by atoms with Gasteiger partial charge in [0.2, 0.25) is 0 Å². The summed E-state index contributed by atoms with van der Waals surface area (Å²) in [6.45, 7) is 0.874. The highest BCUT2D eigenvalue weighted by Crippen LogP contribution is 2.10. The summed E-state index contributed by atoms with van der Waals surface area (Å²) in [5.74, 6) is -0.845. The Morgan fingerprint density at radius 1 is 1.40 bits per heavy atom. The highest BCUT2D eigenvalue weighted by Gasteiger charge is 2.30. The van der Waals surface area contributed by atoms with E-state index in [2.05, 4.69) is 0 Å². The number of nitrogens with two attached hydrogens (primary N) is 1. The van der Waals surface area contributed by atoms with Crippen molar-refractivity contribution in [3.63, 3.8) is 0 Å². The van der Waals surface area contributed by atoms with Gasteiger partial charge in [0.25, 0.3) is 0 Å². The number of carbonyl (C=O) groups is 1. The van der Waals surface area contributed by atoms with Gasteiger partial charge in [-0.25, -0.2) is 8.42 Å². The molecule has 1 atom stereocenters. The van der Waals surface area contributed by atoms with Crippen LogP contribution in [0.1, 0.15) is 6.42 Å². The van der Waals surface area contributed by atoms with Crippen LogP contribution in [0.25, 0.3) is 0 Å². The maximum Gasteiger partial charge on any atom is 0.320 e. The molecule has 1 fully saturated rings. The first-order valence-corrected chi connectivity index (χ1v) is 6.66. The van der Waals surface area contributed by atoms with Crippen LogP contribution in [-0.4, -0.2) is 61.6 Å². The molecule has 0 radical (unpaired) electrons. The summed E-state index contributed by atoms with van der Waals surface area (Å²) in [6, 6.07) is -0.648. The van der Waals surface area contributed by atoms with E-state index in [0.717, 1.165) is 0 Å². The normalized spacial score (nSPS) is 23.5. The van der Waals surface area contributed by atoms with Gasteiger partial charge in [0.15, 0.2) is 9.84 Å². The van der Waals surface area contributed by atoms with Crippen molar-refractivity contribution in [1.29, 1.82) is 0 Å². The minimum atomic E-state index is -2.96. The van der Waals surface area contributed by atoms with Gasteiger partial charge in [-0.1, -0.05) is 0 Å². The molecule has 0 bridgehead atoms. The summed E-state index contributed by atoms with van der Waals surface area (Å²) in [6.07, 6.45) is 0.357. The zero-order chi connectivity index (χ0) is 11.5. The van der Waals surface area contributed by atoms with Crippen molar-refractivity contribution in [3.05, 3.63) is 0 Å². The Hall–Kier alpha value is -0.660. The number of sulfone groups is 1. The van der Waals surface area contributed by atoms with E-state index in [1.807, 2.05) is 0 Å². The van der Waals surface area contributed by atoms with Crippen molar-refractivity contribution in [3.8, 4) is 0 Å². The number of carboxylic acids is 1. The van der Waals surface area contributed by atoms with E-state index in [0.29, 0.717) is 26.1 Å². The van der Waals surface area contributed by atoms with Crippen molar-refractivity contribution in [2.24, 2.45) is 5.73 Å². The molecule has 0 aromatic heterocycles. The Morgan fingerprint density at radius 2 is 1.93 bits per heavy atom. The molecule has 1 aliphatic heterocycles. The fourth-order valence-corrected chi connectivity index (χ4v) is 2.89. The Bertz CT molecular complexity index is 314. The topological polar surface area (TPSA) is 101 Å². The first kappa shape index (κ1) is 12.4. The lowest BCUT2D eigenvalue weighted by Gasteiger charge is -2.31. The third kappa shape index (κ3) is 3.44. The van der Waals surface area contributed by atoms with Crippen LogP contribution in [0.5, 0.6) is 0 Å². The van der Waals surface area contributed by atoms with Crippen LogP contribution in [0, 0.1) is 0 Å². The molecule has 0 aromatic carbocycles. The third-order valence-corrected chi connectivity index (χ3v) is 4.15. The summed E-state index contributed by atoms with van der Waals surface area (Å²) in [7, 11) is -2.96. The van der Waals surface area contributed by atoms with Crippen LogP contribution in [0.4, 0.5) is 0 Å². The van der Waals surface area contributed by atoms with Crippen LogP contribution in [-0.2, 0) is 14.6 Å². The van der Waals surface area contributed by atoms with Gasteiger partial charge < -0.3 is 10.8 Å². The average Bonchev–Trinajstić information content (AvgIpc) is 2.14. The molecule has 15 heavy (non-hydrogen) atoms. The molecule has 0 aliphatic carbocycles. The van der Waals surface area contributed by atoms with E-state index in [1.54, 1.807) is 4.90 Å². The molecule has 0 spiro atoms. The first-order chi connectivity index (χ1) is 6.96. The second-order valence-electron chi connectivity index (χ2n) is 3.62. The van der Waals surface area contributed by atoms with Crippen molar-refractivity contribution in [2.45, 2.75) is 12.5 Å². The minimum Gasteiger partial charge on any atom is -0.480 e. The van der Waals surface area contributed by atoms with Crippen LogP contribution in [0.3, 0.4) is 0 Å². The Kier molecular flexibility index (Phi) is 4.06. The fourth-order valence-electron chi connectivity index (χ4n) is 1.66. The predicted molar refractivity (Wildman–Crippen MR) is 55.3 cm³/mol. The third-order valence-electron chi connectivity index (χ3n) is 2.54. The summed E-state index contributed by atoms with van der Waals surface area (Å²) in [5, 5.41) is 8.94. The molecule has 1 saturated heterocycles. The predicted octanol–water partition coefficient (Wildman–Crippen LogP) is -1.48. The Balaban J connectivity index is 2.60. The van der Waals surface area contributed by atoms with Gasteiger partial charge in [-0.05, 0) is 13.0 Å². The molecule has 88 valence electrons. The van der Waals surface area contributed by atoms with Crippen molar-refractivity contribution in [1.82, 2.24) is 4.90 Å². The SMILES string of the molecule is NCCC(C(=O)O)N1CCS(=O)(=O)CC1. The van der Waals surface area contributed by atoms with Crippen LogP contribution in [0.2, 0.25) is 0 Å². The molecule has 6 nitrogen and oxygen atoms in total. The van der Waals surface area contributed by atoms with Gasteiger partial charge in [-0.15, -0.1) is 0 Å². The fraction of sp³-hybridized carbons (Fsp3) is 0.875. The van der Waals surface area contributed by atoms with Crippen molar-refractivity contribution in [2.75, 3.05) is 31.1 Å². The average molecular weight is 236 g/mol. The number of aliphatic carboxylic acids is 1. The van der Waals surface area contributed by atoms with Gasteiger partial charge >= 0.3 is 5.97 Å². The maximum absolute atomic E-state index is 11.1. The molecule has 1 unspecified atom stereocenters. The number of carboxylic acid groups (broad SMARTS) is 1. The van der Waals surface area contributed by atoms with Crippen molar-refractivity contribution < 1.29 is 18.3 Å². The Labute approximate surface area is 89.0 Å². The lowest BCUT2D eigenvalue weighted by atomic mass is 10.1. The Morgan fingerprint density at radius 3 is 2.33 bits per heavy atom. The second-order valence-corrected chi connectivity index (χ2v) is 5.92. The number of rotatable bonds is 4. The van der Waals surface area contributed by atoms with Crippen LogP contribution >= 0.6 is 0 Å². The molecule has 0 aromatic rings. The summed E-state index contributed by atoms with van der Waals surface area (Å²) >= 11 is 0. The van der Waals surface area contributed by atoms with Gasteiger partial charge in [0.1, 0.15) is 6.04 Å². The van der Waals surface area contributed by atoms with E-state index in [9.17, 15) is 13.2 Å².